The van der Waals surface area contributed by atoms with Gasteiger partial charge in [0, 0.05) is 23.5 Å². The minimum Gasteiger partial charge on any atom is -0.491 e. The number of aliphatic hydroxyl groups excluding tert-OH is 1. The zero-order chi connectivity index (χ0) is 16.4. The lowest BCUT2D eigenvalue weighted by Crippen LogP contribution is -2.28. The smallest absolute Gasteiger partial charge is 0.306 e. The van der Waals surface area contributed by atoms with E-state index in [9.17, 15) is 9.90 Å². The van der Waals surface area contributed by atoms with E-state index >= 15 is 0 Å². The number of aliphatic hydroxyl groups is 1. The van der Waals surface area contributed by atoms with Crippen LogP contribution >= 0.6 is 11.6 Å². The van der Waals surface area contributed by atoms with Crippen LogP contribution in [-0.4, -0.2) is 54.4 Å². The molecule has 3 rings (SSSR count). The maximum atomic E-state index is 11.4. The molecule has 4 atom stereocenters. The van der Waals surface area contributed by atoms with E-state index in [1.807, 2.05) is 13.1 Å². The van der Waals surface area contributed by atoms with Crippen molar-refractivity contribution in [1.29, 1.82) is 0 Å². The van der Waals surface area contributed by atoms with E-state index in [1.165, 1.54) is 0 Å². The van der Waals surface area contributed by atoms with Crippen molar-refractivity contribution in [3.05, 3.63) is 41.4 Å². The van der Waals surface area contributed by atoms with Crippen molar-refractivity contribution >= 4 is 17.6 Å². The predicted octanol–water partition coefficient (Wildman–Crippen LogP) is 1.88. The van der Waals surface area contributed by atoms with Crippen molar-refractivity contribution in [2.75, 3.05) is 20.2 Å². The summed E-state index contributed by atoms with van der Waals surface area (Å²) in [4.78, 5) is 13.5. The molecule has 1 N–H and O–H groups in total. The van der Waals surface area contributed by atoms with Crippen LogP contribution < -0.4 is 4.74 Å². The highest BCUT2D eigenvalue weighted by molar-refractivity contribution is 6.30. The second kappa shape index (κ2) is 6.91. The van der Waals surface area contributed by atoms with E-state index < -0.39 is 6.10 Å². The quantitative estimate of drug-likeness (QED) is 0.656. The molecule has 0 amide bonds. The van der Waals surface area contributed by atoms with Crippen molar-refractivity contribution < 1.29 is 19.4 Å². The lowest BCUT2D eigenvalue weighted by atomic mass is 9.96. The highest BCUT2D eigenvalue weighted by Gasteiger charge is 2.46. The van der Waals surface area contributed by atoms with Crippen LogP contribution in [0.5, 0.6) is 5.75 Å². The molecule has 0 bridgehead atoms. The summed E-state index contributed by atoms with van der Waals surface area (Å²) in [5, 5.41) is 10.7. The molecule has 2 aliphatic rings. The number of nitrogens with zero attached hydrogens (tertiary/aromatic N) is 1. The molecule has 0 radical (unpaired) electrons. The Labute approximate surface area is 140 Å². The second-order valence-electron chi connectivity index (χ2n) is 6.05. The lowest BCUT2D eigenvalue weighted by Gasteiger charge is -2.19. The summed E-state index contributed by atoms with van der Waals surface area (Å²) in [6.07, 6.45) is 3.36. The van der Waals surface area contributed by atoms with E-state index in [0.29, 0.717) is 17.2 Å². The molecule has 4 unspecified atom stereocenters. The largest absolute Gasteiger partial charge is 0.491 e. The molecule has 0 spiro atoms. The topological polar surface area (TPSA) is 59.0 Å². The maximum absolute atomic E-state index is 11.4. The SMILES string of the molecule is CN1CC2OC(=O)CC2C1/C=C/C(O)COc1cccc(Cl)c1. The average Bonchev–Trinajstić information content (AvgIpc) is 2.98. The van der Waals surface area contributed by atoms with Crippen molar-refractivity contribution in [3.8, 4) is 5.75 Å². The highest BCUT2D eigenvalue weighted by atomic mass is 35.5. The van der Waals surface area contributed by atoms with Gasteiger partial charge in [-0.25, -0.2) is 0 Å². The van der Waals surface area contributed by atoms with Gasteiger partial charge in [-0.2, -0.15) is 0 Å². The molecule has 2 aliphatic heterocycles. The fraction of sp³-hybridized carbons (Fsp3) is 0.471. The Bertz CT molecular complexity index is 606. The minimum atomic E-state index is -0.723. The molecule has 23 heavy (non-hydrogen) atoms. The standard InChI is InChI=1S/C17H20ClNO4/c1-19-9-16-14(8-17(21)23-16)15(19)6-5-12(20)10-22-13-4-2-3-11(18)7-13/h2-7,12,14-16,20H,8-10H2,1H3/b6-5+. The van der Waals surface area contributed by atoms with Crippen LogP contribution in [0.4, 0.5) is 0 Å². The number of carbonyl (C=O) groups excluding carboxylic acids is 1. The molecule has 2 heterocycles. The third kappa shape index (κ3) is 3.86. The minimum absolute atomic E-state index is 0.0259. The Hall–Kier alpha value is -1.56. The van der Waals surface area contributed by atoms with Crippen molar-refractivity contribution in [2.45, 2.75) is 24.7 Å². The average molecular weight is 338 g/mol. The first kappa shape index (κ1) is 16.3. The van der Waals surface area contributed by atoms with Gasteiger partial charge >= 0.3 is 5.97 Å². The molecule has 6 heteroatoms. The second-order valence-corrected chi connectivity index (χ2v) is 6.48. The van der Waals surface area contributed by atoms with Gasteiger partial charge in [0.1, 0.15) is 24.6 Å². The molecule has 2 saturated heterocycles. The maximum Gasteiger partial charge on any atom is 0.306 e. The number of likely N-dealkylation sites (N-methyl/N-ethyl adjacent to an activating group) is 1. The first-order chi connectivity index (χ1) is 11.0. The monoisotopic (exact) mass is 337 g/mol. The molecule has 0 saturated carbocycles. The Balaban J connectivity index is 1.53. The number of likely N-dealkylation sites (tertiary alicyclic amines) is 1. The van der Waals surface area contributed by atoms with Gasteiger partial charge < -0.3 is 14.6 Å². The van der Waals surface area contributed by atoms with Crippen molar-refractivity contribution in [1.82, 2.24) is 4.90 Å². The first-order valence-electron chi connectivity index (χ1n) is 7.67. The van der Waals surface area contributed by atoms with Crippen molar-refractivity contribution in [2.24, 2.45) is 5.92 Å². The number of benzene rings is 1. The van der Waals surface area contributed by atoms with Gasteiger partial charge in [0.25, 0.3) is 0 Å². The van der Waals surface area contributed by atoms with E-state index in [0.717, 1.165) is 6.54 Å². The number of esters is 1. The van der Waals surface area contributed by atoms with Crippen LogP contribution in [0.25, 0.3) is 0 Å². The van der Waals surface area contributed by atoms with Gasteiger partial charge in [0.15, 0.2) is 0 Å². The fourth-order valence-corrected chi connectivity index (χ4v) is 3.38. The molecule has 124 valence electrons. The van der Waals surface area contributed by atoms with E-state index in [4.69, 9.17) is 21.1 Å². The van der Waals surface area contributed by atoms with Crippen LogP contribution in [0.15, 0.2) is 36.4 Å². The third-order valence-corrected chi connectivity index (χ3v) is 4.56. The van der Waals surface area contributed by atoms with E-state index in [2.05, 4.69) is 4.90 Å². The van der Waals surface area contributed by atoms with E-state index in [1.54, 1.807) is 30.3 Å². The van der Waals surface area contributed by atoms with Gasteiger partial charge in [0.2, 0.25) is 0 Å². The Morgan fingerprint density at radius 1 is 1.57 bits per heavy atom. The fourth-order valence-electron chi connectivity index (χ4n) is 3.20. The van der Waals surface area contributed by atoms with Gasteiger partial charge in [-0.3, -0.25) is 9.69 Å². The number of hydrogen-bond donors (Lipinski definition) is 1. The number of rotatable bonds is 5. The zero-order valence-corrected chi connectivity index (χ0v) is 13.6. The summed E-state index contributed by atoms with van der Waals surface area (Å²) in [6.45, 7) is 0.886. The molecule has 1 aromatic carbocycles. The normalized spacial score (nSPS) is 28.8. The number of halogens is 1. The molecule has 0 aliphatic carbocycles. The summed E-state index contributed by atoms with van der Waals surface area (Å²) in [6, 6.07) is 7.16. The molecule has 0 aromatic heterocycles. The van der Waals surface area contributed by atoms with Gasteiger partial charge in [-0.1, -0.05) is 29.8 Å². The van der Waals surface area contributed by atoms with Crippen LogP contribution in [0, 0.1) is 5.92 Å². The Morgan fingerprint density at radius 2 is 2.39 bits per heavy atom. The van der Waals surface area contributed by atoms with Crippen molar-refractivity contribution in [3.63, 3.8) is 0 Å². The number of hydrogen-bond acceptors (Lipinski definition) is 5. The molecule has 1 aromatic rings. The number of ether oxygens (including phenoxy) is 2. The number of carbonyl (C=O) groups is 1. The van der Waals surface area contributed by atoms with Gasteiger partial charge in [-0.05, 0) is 25.2 Å². The third-order valence-electron chi connectivity index (χ3n) is 4.33. The number of fused-ring (bicyclic) bond motifs is 1. The first-order valence-corrected chi connectivity index (χ1v) is 8.05. The predicted molar refractivity (Wildman–Crippen MR) is 86.5 cm³/mol. The summed E-state index contributed by atoms with van der Waals surface area (Å²) >= 11 is 5.89. The Kier molecular flexibility index (Phi) is 4.90. The van der Waals surface area contributed by atoms with Gasteiger partial charge in [0.05, 0.1) is 6.42 Å². The lowest BCUT2D eigenvalue weighted by molar-refractivity contribution is -0.141. The molecular weight excluding hydrogens is 318 g/mol. The molecule has 2 fully saturated rings. The summed E-state index contributed by atoms with van der Waals surface area (Å²) in [7, 11) is 2.00. The molecule has 5 nitrogen and oxygen atoms in total. The molecular formula is C17H20ClNO4. The highest BCUT2D eigenvalue weighted by Crippen LogP contribution is 2.34. The summed E-state index contributed by atoms with van der Waals surface area (Å²) < 4.78 is 10.8. The van der Waals surface area contributed by atoms with Gasteiger partial charge in [-0.15, -0.1) is 0 Å². The van der Waals surface area contributed by atoms with Crippen LogP contribution in [-0.2, 0) is 9.53 Å². The van der Waals surface area contributed by atoms with Crippen LogP contribution in [0.3, 0.4) is 0 Å². The van der Waals surface area contributed by atoms with E-state index in [-0.39, 0.29) is 30.6 Å². The zero-order valence-electron chi connectivity index (χ0n) is 12.9. The Morgan fingerprint density at radius 3 is 3.17 bits per heavy atom. The van der Waals surface area contributed by atoms with Crippen LogP contribution in [0.1, 0.15) is 6.42 Å². The summed E-state index contributed by atoms with van der Waals surface area (Å²) in [5.74, 6) is 0.666. The van der Waals surface area contributed by atoms with Crippen LogP contribution in [0.2, 0.25) is 5.02 Å². The summed E-state index contributed by atoms with van der Waals surface area (Å²) in [5.41, 5.74) is 0.